The van der Waals surface area contributed by atoms with E-state index in [9.17, 15) is 14.3 Å². The zero-order chi connectivity index (χ0) is 19.4. The van der Waals surface area contributed by atoms with Gasteiger partial charge in [0.15, 0.2) is 0 Å². The molecule has 2 aromatic carbocycles. The molecule has 138 valence electrons. The standard InChI is InChI=1S/C21H19FN2O3/c1-3-27-15-6-7-18(22)16(11-15)19-9-5-14(12-23-19)24-20-8-4-13(2)10-17(20)21(25)26/h4-12,24H,3H2,1-2H3,(H,25,26). The molecule has 0 atom stereocenters. The molecule has 0 unspecified atom stereocenters. The van der Waals surface area contributed by atoms with E-state index in [-0.39, 0.29) is 5.56 Å². The zero-order valence-electron chi connectivity index (χ0n) is 15.0. The molecule has 0 aliphatic carbocycles. The third kappa shape index (κ3) is 4.23. The molecule has 27 heavy (non-hydrogen) atoms. The Labute approximate surface area is 156 Å². The van der Waals surface area contributed by atoms with E-state index in [1.807, 2.05) is 19.9 Å². The van der Waals surface area contributed by atoms with Crippen LogP contribution in [0, 0.1) is 12.7 Å². The van der Waals surface area contributed by atoms with Gasteiger partial charge in [-0.3, -0.25) is 4.98 Å². The average molecular weight is 366 g/mol. The first-order valence-electron chi connectivity index (χ1n) is 8.47. The molecule has 1 aromatic heterocycles. The van der Waals surface area contributed by atoms with Crippen molar-refractivity contribution >= 4 is 17.3 Å². The lowest BCUT2D eigenvalue weighted by Gasteiger charge is -2.11. The van der Waals surface area contributed by atoms with Gasteiger partial charge in [-0.15, -0.1) is 0 Å². The molecule has 0 saturated carbocycles. The van der Waals surface area contributed by atoms with Crippen LogP contribution in [0.15, 0.2) is 54.7 Å². The van der Waals surface area contributed by atoms with Gasteiger partial charge in [0.1, 0.15) is 11.6 Å². The second-order valence-electron chi connectivity index (χ2n) is 5.99. The Morgan fingerprint density at radius 3 is 2.67 bits per heavy atom. The van der Waals surface area contributed by atoms with Crippen molar-refractivity contribution in [2.75, 3.05) is 11.9 Å². The van der Waals surface area contributed by atoms with Crippen LogP contribution >= 0.6 is 0 Å². The molecule has 0 fully saturated rings. The maximum atomic E-state index is 14.1. The lowest BCUT2D eigenvalue weighted by Crippen LogP contribution is -2.03. The molecule has 0 saturated heterocycles. The molecule has 5 nitrogen and oxygen atoms in total. The van der Waals surface area contributed by atoms with E-state index >= 15 is 0 Å². The van der Waals surface area contributed by atoms with Gasteiger partial charge in [0.05, 0.1) is 35.4 Å². The first-order valence-corrected chi connectivity index (χ1v) is 8.47. The second-order valence-corrected chi connectivity index (χ2v) is 5.99. The van der Waals surface area contributed by atoms with E-state index in [1.54, 1.807) is 36.4 Å². The van der Waals surface area contributed by atoms with Crippen LogP contribution in [0.3, 0.4) is 0 Å². The fourth-order valence-corrected chi connectivity index (χ4v) is 2.68. The van der Waals surface area contributed by atoms with E-state index < -0.39 is 11.8 Å². The molecule has 6 heteroatoms. The number of aryl methyl sites for hydroxylation is 1. The number of rotatable bonds is 6. The van der Waals surface area contributed by atoms with Gasteiger partial charge in [0, 0.05) is 5.56 Å². The molecular formula is C21H19FN2O3. The van der Waals surface area contributed by atoms with Crippen molar-refractivity contribution in [2.45, 2.75) is 13.8 Å². The second kappa shape index (κ2) is 7.86. The number of ether oxygens (including phenoxy) is 1. The van der Waals surface area contributed by atoms with Crippen LogP contribution in [0.25, 0.3) is 11.3 Å². The molecule has 0 aliphatic rings. The van der Waals surface area contributed by atoms with Crippen LogP contribution in [-0.2, 0) is 0 Å². The number of aromatic nitrogens is 1. The van der Waals surface area contributed by atoms with Crippen LogP contribution < -0.4 is 10.1 Å². The number of benzene rings is 2. The summed E-state index contributed by atoms with van der Waals surface area (Å²) >= 11 is 0. The van der Waals surface area contributed by atoms with E-state index in [0.29, 0.717) is 35.0 Å². The lowest BCUT2D eigenvalue weighted by molar-refractivity contribution is 0.0698. The van der Waals surface area contributed by atoms with Gasteiger partial charge in [0.2, 0.25) is 0 Å². The normalized spacial score (nSPS) is 10.5. The van der Waals surface area contributed by atoms with Crippen molar-refractivity contribution in [2.24, 2.45) is 0 Å². The Kier molecular flexibility index (Phi) is 5.35. The van der Waals surface area contributed by atoms with Crippen molar-refractivity contribution in [1.82, 2.24) is 4.98 Å². The number of nitrogens with one attached hydrogen (secondary N) is 1. The minimum Gasteiger partial charge on any atom is -0.494 e. The molecule has 0 radical (unpaired) electrons. The Morgan fingerprint density at radius 1 is 1.19 bits per heavy atom. The summed E-state index contributed by atoms with van der Waals surface area (Å²) in [4.78, 5) is 15.7. The summed E-state index contributed by atoms with van der Waals surface area (Å²) in [5.41, 5.74) is 2.90. The highest BCUT2D eigenvalue weighted by atomic mass is 19.1. The number of hydrogen-bond donors (Lipinski definition) is 2. The summed E-state index contributed by atoms with van der Waals surface area (Å²) < 4.78 is 19.6. The molecule has 3 rings (SSSR count). The fourth-order valence-electron chi connectivity index (χ4n) is 2.68. The number of carboxylic acid groups (broad SMARTS) is 1. The van der Waals surface area contributed by atoms with Gasteiger partial charge < -0.3 is 15.2 Å². The summed E-state index contributed by atoms with van der Waals surface area (Å²) in [6, 6.07) is 13.1. The predicted molar refractivity (Wildman–Crippen MR) is 102 cm³/mol. The Morgan fingerprint density at radius 2 is 2.00 bits per heavy atom. The van der Waals surface area contributed by atoms with E-state index in [1.165, 1.54) is 12.3 Å². The number of carboxylic acids is 1. The van der Waals surface area contributed by atoms with Gasteiger partial charge in [-0.2, -0.15) is 0 Å². The summed E-state index contributed by atoms with van der Waals surface area (Å²) in [5.74, 6) is -0.831. The highest BCUT2D eigenvalue weighted by Gasteiger charge is 2.12. The maximum absolute atomic E-state index is 14.1. The van der Waals surface area contributed by atoms with Gasteiger partial charge in [0.25, 0.3) is 0 Å². The largest absolute Gasteiger partial charge is 0.494 e. The summed E-state index contributed by atoms with van der Waals surface area (Å²) in [7, 11) is 0. The monoisotopic (exact) mass is 366 g/mol. The van der Waals surface area contributed by atoms with Crippen molar-refractivity contribution in [3.8, 4) is 17.0 Å². The fraction of sp³-hybridized carbons (Fsp3) is 0.143. The van der Waals surface area contributed by atoms with Crippen LogP contribution in [-0.4, -0.2) is 22.7 Å². The summed E-state index contributed by atoms with van der Waals surface area (Å²) in [6.45, 7) is 4.18. The Bertz CT molecular complexity index is 972. The highest BCUT2D eigenvalue weighted by molar-refractivity contribution is 5.95. The third-order valence-electron chi connectivity index (χ3n) is 3.97. The van der Waals surface area contributed by atoms with Crippen LogP contribution in [0.1, 0.15) is 22.8 Å². The number of hydrogen-bond acceptors (Lipinski definition) is 4. The third-order valence-corrected chi connectivity index (χ3v) is 3.97. The van der Waals surface area contributed by atoms with E-state index in [0.717, 1.165) is 5.56 Å². The summed E-state index contributed by atoms with van der Waals surface area (Å²) in [5, 5.41) is 12.4. The number of halogens is 1. The lowest BCUT2D eigenvalue weighted by atomic mass is 10.1. The van der Waals surface area contributed by atoms with Gasteiger partial charge >= 0.3 is 5.97 Å². The Hall–Kier alpha value is -3.41. The number of aromatic carboxylic acids is 1. The van der Waals surface area contributed by atoms with E-state index in [2.05, 4.69) is 10.3 Å². The maximum Gasteiger partial charge on any atom is 0.337 e. The predicted octanol–water partition coefficient (Wildman–Crippen LogP) is 5.04. The number of pyridine rings is 1. The molecular weight excluding hydrogens is 347 g/mol. The number of carbonyl (C=O) groups is 1. The average Bonchev–Trinajstić information content (AvgIpc) is 2.65. The summed E-state index contributed by atoms with van der Waals surface area (Å²) in [6.07, 6.45) is 1.54. The topological polar surface area (TPSA) is 71.5 Å². The SMILES string of the molecule is CCOc1ccc(F)c(-c2ccc(Nc3ccc(C)cc3C(=O)O)cn2)c1. The molecule has 0 amide bonds. The molecule has 0 aliphatic heterocycles. The minimum atomic E-state index is -1.01. The smallest absolute Gasteiger partial charge is 0.337 e. The van der Waals surface area contributed by atoms with Crippen molar-refractivity contribution in [3.63, 3.8) is 0 Å². The molecule has 0 bridgehead atoms. The minimum absolute atomic E-state index is 0.175. The van der Waals surface area contributed by atoms with E-state index in [4.69, 9.17) is 4.74 Å². The van der Waals surface area contributed by atoms with Crippen molar-refractivity contribution in [1.29, 1.82) is 0 Å². The Balaban J connectivity index is 1.87. The highest BCUT2D eigenvalue weighted by Crippen LogP contribution is 2.28. The first kappa shape index (κ1) is 18.4. The number of nitrogens with zero attached hydrogens (tertiary/aromatic N) is 1. The first-order chi connectivity index (χ1) is 13.0. The molecule has 0 spiro atoms. The molecule has 1 heterocycles. The van der Waals surface area contributed by atoms with Crippen LogP contribution in [0.2, 0.25) is 0 Å². The molecule has 3 aromatic rings. The van der Waals surface area contributed by atoms with Crippen molar-refractivity contribution < 1.29 is 19.0 Å². The zero-order valence-corrected chi connectivity index (χ0v) is 15.0. The number of anilines is 2. The van der Waals surface area contributed by atoms with Crippen LogP contribution in [0.4, 0.5) is 15.8 Å². The quantitative estimate of drug-likeness (QED) is 0.640. The van der Waals surface area contributed by atoms with Gasteiger partial charge in [-0.1, -0.05) is 11.6 Å². The molecule has 2 N–H and O–H groups in total. The van der Waals surface area contributed by atoms with Gasteiger partial charge in [-0.05, 0) is 56.3 Å². The van der Waals surface area contributed by atoms with Crippen molar-refractivity contribution in [3.05, 3.63) is 71.7 Å². The van der Waals surface area contributed by atoms with Crippen LogP contribution in [0.5, 0.6) is 5.75 Å². The van der Waals surface area contributed by atoms with Gasteiger partial charge in [-0.25, -0.2) is 9.18 Å².